The zero-order valence-electron chi connectivity index (χ0n) is 12.5. The summed E-state index contributed by atoms with van der Waals surface area (Å²) in [5.41, 5.74) is 0.975. The fourth-order valence-corrected chi connectivity index (χ4v) is 3.48. The van der Waals surface area contributed by atoms with Gasteiger partial charge < -0.3 is 4.74 Å². The molecule has 0 N–H and O–H groups in total. The summed E-state index contributed by atoms with van der Waals surface area (Å²) in [7, 11) is 0. The molecule has 1 heterocycles. The third-order valence-electron chi connectivity index (χ3n) is 3.34. The van der Waals surface area contributed by atoms with Crippen LogP contribution in [0.2, 0.25) is 0 Å². The monoisotopic (exact) mass is 321 g/mol. The van der Waals surface area contributed by atoms with Crippen molar-refractivity contribution in [2.24, 2.45) is 0 Å². The van der Waals surface area contributed by atoms with Gasteiger partial charge in [-0.05, 0) is 44.0 Å². The Kier molecular flexibility index (Phi) is 5.42. The lowest BCUT2D eigenvalue weighted by molar-refractivity contribution is -0.123. The Balaban J connectivity index is 2.18. The van der Waals surface area contributed by atoms with Crippen LogP contribution in [0.25, 0.3) is 6.08 Å². The van der Waals surface area contributed by atoms with Crippen molar-refractivity contribution in [1.82, 2.24) is 4.90 Å². The summed E-state index contributed by atoms with van der Waals surface area (Å²) < 4.78 is 6.06. The van der Waals surface area contributed by atoms with E-state index in [1.165, 1.54) is 11.8 Å². The van der Waals surface area contributed by atoms with Gasteiger partial charge in [0.15, 0.2) is 0 Å². The molecule has 0 bridgehead atoms. The minimum atomic E-state index is 0.00762. The first-order chi connectivity index (χ1) is 10.1. The highest BCUT2D eigenvalue weighted by Gasteiger charge is 2.34. The van der Waals surface area contributed by atoms with Crippen molar-refractivity contribution in [3.8, 4) is 5.75 Å². The van der Waals surface area contributed by atoms with E-state index >= 15 is 0 Å². The average Bonchev–Trinajstić information content (AvgIpc) is 2.75. The maximum atomic E-state index is 12.4. The topological polar surface area (TPSA) is 29.5 Å². The maximum absolute atomic E-state index is 12.4. The second-order valence-electron chi connectivity index (χ2n) is 4.81. The molecule has 1 aromatic rings. The Labute approximate surface area is 135 Å². The molecule has 112 valence electrons. The number of carbonyl (C=O) groups is 1. The van der Waals surface area contributed by atoms with Gasteiger partial charge in [-0.25, -0.2) is 0 Å². The maximum Gasteiger partial charge on any atom is 0.266 e. The fourth-order valence-electron chi connectivity index (χ4n) is 2.02. The largest absolute Gasteiger partial charge is 0.494 e. The number of hydrogen-bond donors (Lipinski definition) is 0. The highest BCUT2D eigenvalue weighted by Crippen LogP contribution is 2.34. The van der Waals surface area contributed by atoms with E-state index in [2.05, 4.69) is 6.92 Å². The summed E-state index contributed by atoms with van der Waals surface area (Å²) in [5.74, 6) is 0.843. The third kappa shape index (κ3) is 3.66. The highest BCUT2D eigenvalue weighted by atomic mass is 32.2. The molecule has 21 heavy (non-hydrogen) atoms. The van der Waals surface area contributed by atoms with Crippen molar-refractivity contribution in [2.45, 2.75) is 33.2 Å². The van der Waals surface area contributed by atoms with Gasteiger partial charge in [0, 0.05) is 6.04 Å². The van der Waals surface area contributed by atoms with Gasteiger partial charge in [-0.3, -0.25) is 9.69 Å². The molecule has 2 rings (SSSR count). The predicted molar refractivity (Wildman–Crippen MR) is 92.4 cm³/mol. The van der Waals surface area contributed by atoms with Gasteiger partial charge in [0.25, 0.3) is 5.91 Å². The third-order valence-corrected chi connectivity index (χ3v) is 4.67. The lowest BCUT2D eigenvalue weighted by atomic mass is 10.2. The van der Waals surface area contributed by atoms with Crippen LogP contribution in [0.4, 0.5) is 0 Å². The van der Waals surface area contributed by atoms with E-state index in [1.807, 2.05) is 44.2 Å². The summed E-state index contributed by atoms with van der Waals surface area (Å²) in [6.45, 7) is 6.67. The number of ether oxygens (including phenoxy) is 1. The molecule has 0 unspecified atom stereocenters. The molecule has 0 radical (unpaired) electrons. The van der Waals surface area contributed by atoms with Crippen LogP contribution >= 0.6 is 24.0 Å². The van der Waals surface area contributed by atoms with Crippen LogP contribution in [0.5, 0.6) is 5.75 Å². The number of amides is 1. The number of thioether (sulfide) groups is 1. The number of carbonyl (C=O) groups excluding carboxylic acids is 1. The van der Waals surface area contributed by atoms with Crippen molar-refractivity contribution in [3.05, 3.63) is 34.7 Å². The van der Waals surface area contributed by atoms with E-state index < -0.39 is 0 Å². The quantitative estimate of drug-likeness (QED) is 0.603. The first-order valence-corrected chi connectivity index (χ1v) is 8.29. The molecule has 0 aromatic heterocycles. The molecule has 1 aliphatic rings. The number of thiocarbonyl (C=S) groups is 1. The molecule has 0 spiro atoms. The van der Waals surface area contributed by atoms with E-state index in [0.29, 0.717) is 15.8 Å². The molecule has 1 saturated heterocycles. The second kappa shape index (κ2) is 7.09. The van der Waals surface area contributed by atoms with Gasteiger partial charge >= 0.3 is 0 Å². The van der Waals surface area contributed by atoms with Gasteiger partial charge in [-0.2, -0.15) is 0 Å². The Morgan fingerprint density at radius 1 is 1.33 bits per heavy atom. The molecule has 5 heteroatoms. The molecule has 1 aliphatic heterocycles. The minimum Gasteiger partial charge on any atom is -0.494 e. The van der Waals surface area contributed by atoms with Crippen LogP contribution in [-0.2, 0) is 4.79 Å². The predicted octanol–water partition coefficient (Wildman–Crippen LogP) is 4.09. The van der Waals surface area contributed by atoms with Gasteiger partial charge in [-0.1, -0.05) is 43.0 Å². The Morgan fingerprint density at radius 3 is 2.57 bits per heavy atom. The second-order valence-corrected chi connectivity index (χ2v) is 6.49. The van der Waals surface area contributed by atoms with Crippen LogP contribution in [0.3, 0.4) is 0 Å². The van der Waals surface area contributed by atoms with Crippen molar-refractivity contribution >= 4 is 40.3 Å². The first-order valence-electron chi connectivity index (χ1n) is 7.06. The van der Waals surface area contributed by atoms with Crippen LogP contribution < -0.4 is 4.74 Å². The van der Waals surface area contributed by atoms with Crippen molar-refractivity contribution in [3.63, 3.8) is 0 Å². The van der Waals surface area contributed by atoms with Gasteiger partial charge in [0.2, 0.25) is 0 Å². The van der Waals surface area contributed by atoms with E-state index in [-0.39, 0.29) is 11.9 Å². The van der Waals surface area contributed by atoms with E-state index in [0.717, 1.165) is 17.7 Å². The Hall–Kier alpha value is -1.33. The summed E-state index contributed by atoms with van der Waals surface area (Å²) >= 11 is 6.69. The van der Waals surface area contributed by atoms with Gasteiger partial charge in [-0.15, -0.1) is 0 Å². The molecular formula is C16H19NO2S2. The zero-order valence-corrected chi connectivity index (χ0v) is 14.1. The first kappa shape index (κ1) is 16.0. The molecular weight excluding hydrogens is 302 g/mol. The van der Waals surface area contributed by atoms with Crippen LogP contribution in [0.1, 0.15) is 32.8 Å². The Morgan fingerprint density at radius 2 is 2.00 bits per heavy atom. The summed E-state index contributed by atoms with van der Waals surface area (Å²) in [4.78, 5) is 14.8. The van der Waals surface area contributed by atoms with Crippen molar-refractivity contribution in [2.75, 3.05) is 6.61 Å². The molecule has 1 atom stereocenters. The molecule has 0 saturated carbocycles. The summed E-state index contributed by atoms with van der Waals surface area (Å²) in [5, 5.41) is 0. The van der Waals surface area contributed by atoms with Crippen molar-refractivity contribution < 1.29 is 9.53 Å². The molecule has 3 nitrogen and oxygen atoms in total. The van der Waals surface area contributed by atoms with Crippen LogP contribution in [0.15, 0.2) is 29.2 Å². The highest BCUT2D eigenvalue weighted by molar-refractivity contribution is 8.26. The lowest BCUT2D eigenvalue weighted by Crippen LogP contribution is -2.36. The number of nitrogens with zero attached hydrogens (tertiary/aromatic N) is 1. The van der Waals surface area contributed by atoms with E-state index in [9.17, 15) is 4.79 Å². The average molecular weight is 321 g/mol. The molecule has 0 aliphatic carbocycles. The number of hydrogen-bond acceptors (Lipinski definition) is 4. The summed E-state index contributed by atoms with van der Waals surface area (Å²) in [6, 6.07) is 7.85. The molecule has 1 fully saturated rings. The van der Waals surface area contributed by atoms with Gasteiger partial charge in [0.1, 0.15) is 10.1 Å². The van der Waals surface area contributed by atoms with E-state index in [4.69, 9.17) is 17.0 Å². The lowest BCUT2D eigenvalue weighted by Gasteiger charge is -2.21. The number of rotatable bonds is 5. The summed E-state index contributed by atoms with van der Waals surface area (Å²) in [6.07, 6.45) is 2.78. The zero-order chi connectivity index (χ0) is 15.4. The van der Waals surface area contributed by atoms with E-state index in [1.54, 1.807) is 4.90 Å². The standard InChI is InChI=1S/C16H19NO2S2/c1-4-11(3)17-15(18)14(21-16(17)20)10-12-6-8-13(9-7-12)19-5-2/h6-11H,4-5H2,1-3H3/b14-10-/t11-/m1/s1. The van der Waals surface area contributed by atoms with Gasteiger partial charge in [0.05, 0.1) is 11.5 Å². The molecule has 1 aromatic carbocycles. The number of benzene rings is 1. The van der Waals surface area contributed by atoms with Crippen molar-refractivity contribution in [1.29, 1.82) is 0 Å². The minimum absolute atomic E-state index is 0.00762. The van der Waals surface area contributed by atoms with Crippen LogP contribution in [0, 0.1) is 0 Å². The Bertz CT molecular complexity index is 566. The normalized spacial score (nSPS) is 18.4. The smallest absolute Gasteiger partial charge is 0.266 e. The fraction of sp³-hybridized carbons (Fsp3) is 0.375. The SMILES string of the molecule is CCOc1ccc(/C=C2\SC(=S)N([C@H](C)CC)C2=O)cc1. The molecule has 1 amide bonds. The van der Waals surface area contributed by atoms with Crippen LogP contribution in [-0.4, -0.2) is 27.8 Å².